The molecule has 0 fully saturated rings. The number of rotatable bonds is 2. The van der Waals surface area contributed by atoms with Gasteiger partial charge in [-0.25, -0.2) is 22.0 Å². The Labute approximate surface area is 104 Å². The molecular formula is C12H6F5NO. The van der Waals surface area contributed by atoms with Gasteiger partial charge in [0.2, 0.25) is 5.82 Å². The fourth-order valence-corrected chi connectivity index (χ4v) is 1.63. The van der Waals surface area contributed by atoms with Gasteiger partial charge in [-0.15, -0.1) is 0 Å². The van der Waals surface area contributed by atoms with Gasteiger partial charge in [-0.05, 0) is 11.6 Å². The highest BCUT2D eigenvalue weighted by atomic mass is 19.2. The highest BCUT2D eigenvalue weighted by molar-refractivity contribution is 5.68. The first-order valence-electron chi connectivity index (χ1n) is 5.04. The molecule has 19 heavy (non-hydrogen) atoms. The maximum Gasteiger partial charge on any atom is 0.200 e. The second-order valence-corrected chi connectivity index (χ2v) is 3.64. The highest BCUT2D eigenvalue weighted by Crippen LogP contribution is 2.32. The molecule has 0 unspecified atom stereocenters. The first-order valence-corrected chi connectivity index (χ1v) is 5.04. The summed E-state index contributed by atoms with van der Waals surface area (Å²) in [5, 5.41) is 9.02. The molecule has 0 aliphatic heterocycles. The van der Waals surface area contributed by atoms with Crippen molar-refractivity contribution >= 4 is 0 Å². The van der Waals surface area contributed by atoms with Crippen molar-refractivity contribution in [2.75, 3.05) is 0 Å². The number of aliphatic hydroxyl groups excluding tert-OH is 1. The number of halogens is 5. The number of nitrogens with zero attached hydrogens (tertiary/aromatic N) is 1. The lowest BCUT2D eigenvalue weighted by Gasteiger charge is -2.10. The van der Waals surface area contributed by atoms with E-state index in [4.69, 9.17) is 5.11 Å². The van der Waals surface area contributed by atoms with E-state index < -0.39 is 41.3 Å². The van der Waals surface area contributed by atoms with Crippen molar-refractivity contribution < 1.29 is 27.1 Å². The molecule has 1 heterocycles. The van der Waals surface area contributed by atoms with Crippen molar-refractivity contribution in [3.8, 4) is 11.1 Å². The van der Waals surface area contributed by atoms with E-state index in [1.165, 1.54) is 12.3 Å². The minimum atomic E-state index is -2.23. The van der Waals surface area contributed by atoms with Crippen LogP contribution >= 0.6 is 0 Å². The lowest BCUT2D eigenvalue weighted by molar-refractivity contribution is 0.282. The third-order valence-electron chi connectivity index (χ3n) is 2.56. The van der Waals surface area contributed by atoms with Gasteiger partial charge in [0, 0.05) is 18.0 Å². The van der Waals surface area contributed by atoms with Gasteiger partial charge < -0.3 is 5.11 Å². The maximum atomic E-state index is 13.6. The zero-order valence-corrected chi connectivity index (χ0v) is 9.22. The number of hydrogen-bond acceptors (Lipinski definition) is 2. The Morgan fingerprint density at radius 3 is 1.95 bits per heavy atom. The topological polar surface area (TPSA) is 33.1 Å². The van der Waals surface area contributed by atoms with Crippen LogP contribution in [0.1, 0.15) is 5.56 Å². The zero-order chi connectivity index (χ0) is 14.2. The molecule has 2 rings (SSSR count). The normalized spacial score (nSPS) is 10.8. The predicted octanol–water partition coefficient (Wildman–Crippen LogP) is 2.94. The second kappa shape index (κ2) is 4.93. The Morgan fingerprint density at radius 2 is 1.42 bits per heavy atom. The van der Waals surface area contributed by atoms with E-state index in [1.54, 1.807) is 0 Å². The molecule has 0 atom stereocenters. The third-order valence-corrected chi connectivity index (χ3v) is 2.56. The number of hydrogen-bond donors (Lipinski definition) is 1. The quantitative estimate of drug-likeness (QED) is 0.519. The van der Waals surface area contributed by atoms with Gasteiger partial charge in [-0.2, -0.15) is 0 Å². The van der Waals surface area contributed by atoms with Crippen molar-refractivity contribution in [3.63, 3.8) is 0 Å². The van der Waals surface area contributed by atoms with E-state index in [0.29, 0.717) is 0 Å². The van der Waals surface area contributed by atoms with Crippen molar-refractivity contribution in [2.45, 2.75) is 6.61 Å². The molecule has 7 heteroatoms. The first kappa shape index (κ1) is 13.4. The molecule has 1 aromatic carbocycles. The van der Waals surface area contributed by atoms with Gasteiger partial charge in [-0.3, -0.25) is 4.98 Å². The summed E-state index contributed by atoms with van der Waals surface area (Å²) >= 11 is 0. The second-order valence-electron chi connectivity index (χ2n) is 3.64. The van der Waals surface area contributed by atoms with Crippen LogP contribution in [0.15, 0.2) is 18.5 Å². The lowest BCUT2D eigenvalue weighted by atomic mass is 10.0. The molecule has 2 nitrogen and oxygen atoms in total. The molecule has 1 N–H and O–H groups in total. The van der Waals surface area contributed by atoms with E-state index in [0.717, 1.165) is 6.20 Å². The van der Waals surface area contributed by atoms with Crippen molar-refractivity contribution in [1.29, 1.82) is 0 Å². The summed E-state index contributed by atoms with van der Waals surface area (Å²) in [6.07, 6.45) is 2.14. The average Bonchev–Trinajstić information content (AvgIpc) is 2.44. The summed E-state index contributed by atoms with van der Waals surface area (Å²) in [5.41, 5.74) is -1.45. The predicted molar refractivity (Wildman–Crippen MR) is 55.4 cm³/mol. The van der Waals surface area contributed by atoms with Crippen LogP contribution < -0.4 is 0 Å². The Bertz CT molecular complexity index is 615. The Hall–Kier alpha value is -2.02. The zero-order valence-electron chi connectivity index (χ0n) is 9.22. The molecule has 0 aliphatic carbocycles. The molecular weight excluding hydrogens is 269 g/mol. The van der Waals surface area contributed by atoms with Crippen LogP contribution in [0.25, 0.3) is 11.1 Å². The van der Waals surface area contributed by atoms with Gasteiger partial charge in [0.15, 0.2) is 23.3 Å². The molecule has 0 saturated heterocycles. The SMILES string of the molecule is OCc1ccncc1-c1c(F)c(F)c(F)c(F)c1F. The van der Waals surface area contributed by atoms with E-state index >= 15 is 0 Å². The molecule has 100 valence electrons. The van der Waals surface area contributed by atoms with Gasteiger partial charge >= 0.3 is 0 Å². The fraction of sp³-hybridized carbons (Fsp3) is 0.0833. The van der Waals surface area contributed by atoms with E-state index in [-0.39, 0.29) is 11.1 Å². The molecule has 0 radical (unpaired) electrons. The smallest absolute Gasteiger partial charge is 0.200 e. The van der Waals surface area contributed by atoms with Crippen LogP contribution in [0.3, 0.4) is 0 Å². The Kier molecular flexibility index (Phi) is 3.48. The number of benzene rings is 1. The maximum absolute atomic E-state index is 13.6. The van der Waals surface area contributed by atoms with Crippen molar-refractivity contribution in [3.05, 3.63) is 53.1 Å². The Morgan fingerprint density at radius 1 is 0.895 bits per heavy atom. The highest BCUT2D eigenvalue weighted by Gasteiger charge is 2.27. The number of aromatic nitrogens is 1. The Balaban J connectivity index is 2.83. The molecule has 0 amide bonds. The average molecular weight is 275 g/mol. The molecule has 0 aliphatic rings. The minimum absolute atomic E-state index is 0.00166. The van der Waals surface area contributed by atoms with Crippen LogP contribution in [-0.2, 0) is 6.61 Å². The molecule has 0 spiro atoms. The third kappa shape index (κ3) is 2.06. The molecule has 0 bridgehead atoms. The molecule has 2 aromatic rings. The summed E-state index contributed by atoms with van der Waals surface area (Å²) in [5.74, 6) is -10.2. The summed E-state index contributed by atoms with van der Waals surface area (Å²) in [6, 6.07) is 1.22. The number of pyridine rings is 1. The largest absolute Gasteiger partial charge is 0.392 e. The van der Waals surface area contributed by atoms with Gasteiger partial charge in [0.25, 0.3) is 0 Å². The summed E-state index contributed by atoms with van der Waals surface area (Å²) in [6.45, 7) is -0.628. The van der Waals surface area contributed by atoms with Crippen LogP contribution in [0.5, 0.6) is 0 Å². The van der Waals surface area contributed by atoms with Crippen LogP contribution in [0.2, 0.25) is 0 Å². The van der Waals surface area contributed by atoms with E-state index in [2.05, 4.69) is 4.98 Å². The first-order chi connectivity index (χ1) is 8.99. The lowest BCUT2D eigenvalue weighted by Crippen LogP contribution is -2.05. The summed E-state index contributed by atoms with van der Waals surface area (Å²) in [7, 11) is 0. The van der Waals surface area contributed by atoms with Gasteiger partial charge in [0.1, 0.15) is 0 Å². The number of aliphatic hydroxyl groups is 1. The summed E-state index contributed by atoms with van der Waals surface area (Å²) < 4.78 is 66.2. The van der Waals surface area contributed by atoms with E-state index in [1.807, 2.05) is 0 Å². The standard InChI is InChI=1S/C12H6F5NO/c13-8-7(6-3-18-2-1-5(6)4-19)9(14)11(16)12(17)10(8)15/h1-3,19H,4H2. The van der Waals surface area contributed by atoms with Crippen molar-refractivity contribution in [2.24, 2.45) is 0 Å². The minimum Gasteiger partial charge on any atom is -0.392 e. The van der Waals surface area contributed by atoms with Crippen LogP contribution in [0, 0.1) is 29.1 Å². The molecule has 1 aromatic heterocycles. The van der Waals surface area contributed by atoms with Gasteiger partial charge in [-0.1, -0.05) is 0 Å². The monoisotopic (exact) mass is 275 g/mol. The molecule has 0 saturated carbocycles. The van der Waals surface area contributed by atoms with E-state index in [9.17, 15) is 22.0 Å². The van der Waals surface area contributed by atoms with Crippen LogP contribution in [-0.4, -0.2) is 10.1 Å². The van der Waals surface area contributed by atoms with Crippen LogP contribution in [0.4, 0.5) is 22.0 Å². The fourth-order valence-electron chi connectivity index (χ4n) is 1.63. The van der Waals surface area contributed by atoms with Crippen molar-refractivity contribution in [1.82, 2.24) is 4.98 Å². The summed E-state index contributed by atoms with van der Waals surface area (Å²) in [4.78, 5) is 3.55. The van der Waals surface area contributed by atoms with Gasteiger partial charge in [0.05, 0.1) is 12.2 Å².